The van der Waals surface area contributed by atoms with Gasteiger partial charge in [-0.05, 0) is 30.7 Å². The van der Waals surface area contributed by atoms with Crippen molar-refractivity contribution in [2.24, 2.45) is 0 Å². The zero-order valence-electron chi connectivity index (χ0n) is 11.5. The number of amides is 1. The number of nitrogens with two attached hydrogens (primary N) is 1. The first-order valence-electron chi connectivity index (χ1n) is 6.38. The molecule has 20 heavy (non-hydrogen) atoms. The molecule has 1 amide bonds. The second-order valence-corrected chi connectivity index (χ2v) is 5.17. The number of nitrogens with zero attached hydrogens (tertiary/aromatic N) is 1. The van der Waals surface area contributed by atoms with Crippen molar-refractivity contribution in [2.45, 2.75) is 13.0 Å². The molecule has 104 valence electrons. The zero-order chi connectivity index (χ0) is 14.7. The molecule has 4 heteroatoms. The number of carbonyl (C=O) groups is 1. The van der Waals surface area contributed by atoms with E-state index in [1.165, 1.54) is 0 Å². The maximum Gasteiger partial charge on any atom is 0.256 e. The summed E-state index contributed by atoms with van der Waals surface area (Å²) in [7, 11) is 1.76. The Hall–Kier alpha value is -2.00. The Morgan fingerprint density at radius 2 is 1.85 bits per heavy atom. The Balaban J connectivity index is 2.27. The zero-order valence-corrected chi connectivity index (χ0v) is 12.3. The Morgan fingerprint density at radius 1 is 1.20 bits per heavy atom. The van der Waals surface area contributed by atoms with E-state index in [-0.39, 0.29) is 11.9 Å². The Bertz CT molecular complexity index is 613. The van der Waals surface area contributed by atoms with E-state index in [0.29, 0.717) is 16.3 Å². The minimum atomic E-state index is -0.138. The molecular weight excluding hydrogens is 272 g/mol. The molecule has 3 nitrogen and oxygen atoms in total. The lowest BCUT2D eigenvalue weighted by atomic mass is 10.1. The fourth-order valence-corrected chi connectivity index (χ4v) is 2.21. The van der Waals surface area contributed by atoms with Crippen LogP contribution in [0.5, 0.6) is 0 Å². The van der Waals surface area contributed by atoms with Crippen molar-refractivity contribution in [3.8, 4) is 0 Å². The second kappa shape index (κ2) is 5.97. The van der Waals surface area contributed by atoms with Gasteiger partial charge in [0.05, 0.1) is 11.6 Å². The van der Waals surface area contributed by atoms with Crippen molar-refractivity contribution in [3.05, 3.63) is 64.7 Å². The molecule has 0 radical (unpaired) electrons. The number of carbonyl (C=O) groups excluding carboxylic acids is 1. The number of nitrogen functional groups attached to an aromatic ring is 1. The van der Waals surface area contributed by atoms with Gasteiger partial charge in [0.15, 0.2) is 0 Å². The van der Waals surface area contributed by atoms with Crippen molar-refractivity contribution in [2.75, 3.05) is 12.8 Å². The van der Waals surface area contributed by atoms with Gasteiger partial charge in [0.1, 0.15) is 0 Å². The predicted octanol–water partition coefficient (Wildman–Crippen LogP) is 3.76. The van der Waals surface area contributed by atoms with Gasteiger partial charge in [0.2, 0.25) is 0 Å². The third-order valence-corrected chi connectivity index (χ3v) is 3.66. The van der Waals surface area contributed by atoms with Gasteiger partial charge >= 0.3 is 0 Å². The third kappa shape index (κ3) is 2.94. The fourth-order valence-electron chi connectivity index (χ4n) is 2.03. The number of halogens is 1. The van der Waals surface area contributed by atoms with Gasteiger partial charge in [0.25, 0.3) is 5.91 Å². The van der Waals surface area contributed by atoms with E-state index in [2.05, 4.69) is 0 Å². The predicted molar refractivity (Wildman–Crippen MR) is 82.8 cm³/mol. The molecule has 0 heterocycles. The molecule has 0 bridgehead atoms. The van der Waals surface area contributed by atoms with Gasteiger partial charge in [0, 0.05) is 17.8 Å². The van der Waals surface area contributed by atoms with Crippen LogP contribution in [0.3, 0.4) is 0 Å². The van der Waals surface area contributed by atoms with Gasteiger partial charge in [-0.1, -0.05) is 41.9 Å². The molecule has 2 aromatic rings. The van der Waals surface area contributed by atoms with Crippen molar-refractivity contribution in [3.63, 3.8) is 0 Å². The van der Waals surface area contributed by atoms with E-state index >= 15 is 0 Å². The minimum Gasteiger partial charge on any atom is -0.398 e. The number of benzene rings is 2. The minimum absolute atomic E-state index is 0.0397. The first-order valence-corrected chi connectivity index (χ1v) is 6.75. The summed E-state index contributed by atoms with van der Waals surface area (Å²) in [5.41, 5.74) is 7.80. The van der Waals surface area contributed by atoms with Crippen molar-refractivity contribution >= 4 is 23.2 Å². The lowest BCUT2D eigenvalue weighted by Gasteiger charge is -2.26. The monoisotopic (exact) mass is 288 g/mol. The largest absolute Gasteiger partial charge is 0.398 e. The number of anilines is 1. The maximum absolute atomic E-state index is 12.5. The number of hydrogen-bond acceptors (Lipinski definition) is 2. The van der Waals surface area contributed by atoms with Crippen LogP contribution in [-0.4, -0.2) is 17.9 Å². The topological polar surface area (TPSA) is 46.3 Å². The molecule has 2 rings (SSSR count). The first-order chi connectivity index (χ1) is 9.50. The molecular formula is C16H17ClN2O. The number of rotatable bonds is 3. The summed E-state index contributed by atoms with van der Waals surface area (Å²) >= 11 is 5.94. The normalized spacial score (nSPS) is 11.9. The molecule has 1 atom stereocenters. The van der Waals surface area contributed by atoms with E-state index in [9.17, 15) is 4.79 Å². The van der Waals surface area contributed by atoms with Crippen LogP contribution < -0.4 is 5.73 Å². The second-order valence-electron chi connectivity index (χ2n) is 4.73. The van der Waals surface area contributed by atoms with E-state index in [1.54, 1.807) is 30.1 Å². The lowest BCUT2D eigenvalue weighted by Crippen LogP contribution is -2.30. The Labute approximate surface area is 124 Å². The molecule has 0 fully saturated rings. The van der Waals surface area contributed by atoms with Crippen LogP contribution in [0.2, 0.25) is 5.02 Å². The number of hydrogen-bond donors (Lipinski definition) is 1. The Morgan fingerprint density at radius 3 is 2.50 bits per heavy atom. The smallest absolute Gasteiger partial charge is 0.256 e. The molecule has 0 spiro atoms. The highest BCUT2D eigenvalue weighted by molar-refractivity contribution is 6.31. The fraction of sp³-hybridized carbons (Fsp3) is 0.188. The van der Waals surface area contributed by atoms with Crippen molar-refractivity contribution < 1.29 is 4.79 Å². The van der Waals surface area contributed by atoms with Crippen LogP contribution in [0.25, 0.3) is 0 Å². The molecule has 1 unspecified atom stereocenters. The van der Waals surface area contributed by atoms with Gasteiger partial charge in [-0.15, -0.1) is 0 Å². The summed E-state index contributed by atoms with van der Waals surface area (Å²) in [5, 5.41) is 0.503. The summed E-state index contributed by atoms with van der Waals surface area (Å²) in [5.74, 6) is -0.138. The van der Waals surface area contributed by atoms with Gasteiger partial charge in [-0.3, -0.25) is 4.79 Å². The van der Waals surface area contributed by atoms with Crippen LogP contribution in [0.1, 0.15) is 28.9 Å². The van der Waals surface area contributed by atoms with Crippen LogP contribution in [0.15, 0.2) is 48.5 Å². The standard InChI is InChI=1S/C16H17ClN2O/c1-11(12-6-4-3-5-7-12)19(2)16(20)14-10-13(17)8-9-15(14)18/h3-11H,18H2,1-2H3. The average molecular weight is 289 g/mol. The molecule has 0 aliphatic carbocycles. The van der Waals surface area contributed by atoms with Gasteiger partial charge in [-0.25, -0.2) is 0 Å². The Kier molecular flexibility index (Phi) is 4.30. The SMILES string of the molecule is CC(c1ccccc1)N(C)C(=O)c1cc(Cl)ccc1N. The quantitative estimate of drug-likeness (QED) is 0.874. The van der Waals surface area contributed by atoms with Gasteiger partial charge < -0.3 is 10.6 Å². The van der Waals surface area contributed by atoms with Crippen LogP contribution in [0.4, 0.5) is 5.69 Å². The molecule has 2 aromatic carbocycles. The summed E-state index contributed by atoms with van der Waals surface area (Å²) in [6.07, 6.45) is 0. The maximum atomic E-state index is 12.5. The van der Waals surface area contributed by atoms with E-state index in [1.807, 2.05) is 37.3 Å². The summed E-state index contributed by atoms with van der Waals surface area (Å²) in [4.78, 5) is 14.2. The van der Waals surface area contributed by atoms with E-state index in [0.717, 1.165) is 5.56 Å². The van der Waals surface area contributed by atoms with Crippen LogP contribution >= 0.6 is 11.6 Å². The molecule has 0 aliphatic rings. The van der Waals surface area contributed by atoms with Crippen LogP contribution in [0, 0.1) is 0 Å². The molecule has 0 aliphatic heterocycles. The highest BCUT2D eigenvalue weighted by Crippen LogP contribution is 2.24. The molecule has 2 N–H and O–H groups in total. The van der Waals surface area contributed by atoms with Gasteiger partial charge in [-0.2, -0.15) is 0 Å². The van der Waals surface area contributed by atoms with Crippen LogP contribution in [-0.2, 0) is 0 Å². The summed E-state index contributed by atoms with van der Waals surface area (Å²) in [6, 6.07) is 14.7. The molecule has 0 aromatic heterocycles. The molecule has 0 saturated carbocycles. The summed E-state index contributed by atoms with van der Waals surface area (Å²) < 4.78 is 0. The van der Waals surface area contributed by atoms with E-state index in [4.69, 9.17) is 17.3 Å². The van der Waals surface area contributed by atoms with Crippen molar-refractivity contribution in [1.82, 2.24) is 4.90 Å². The van der Waals surface area contributed by atoms with Crippen molar-refractivity contribution in [1.29, 1.82) is 0 Å². The average Bonchev–Trinajstić information content (AvgIpc) is 2.48. The first kappa shape index (κ1) is 14.4. The third-order valence-electron chi connectivity index (χ3n) is 3.43. The molecule has 0 saturated heterocycles. The highest BCUT2D eigenvalue weighted by Gasteiger charge is 2.20. The lowest BCUT2D eigenvalue weighted by molar-refractivity contribution is 0.0743. The highest BCUT2D eigenvalue weighted by atomic mass is 35.5. The van der Waals surface area contributed by atoms with E-state index < -0.39 is 0 Å². The summed E-state index contributed by atoms with van der Waals surface area (Å²) in [6.45, 7) is 1.98.